The van der Waals surface area contributed by atoms with Gasteiger partial charge in [-0.05, 0) is 86.6 Å². The van der Waals surface area contributed by atoms with Crippen molar-refractivity contribution in [2.24, 2.45) is 0 Å². The molecule has 1 aliphatic rings. The van der Waals surface area contributed by atoms with Crippen molar-refractivity contribution in [1.82, 2.24) is 4.90 Å². The summed E-state index contributed by atoms with van der Waals surface area (Å²) < 4.78 is 7.22. The van der Waals surface area contributed by atoms with E-state index in [9.17, 15) is 9.59 Å². The van der Waals surface area contributed by atoms with Crippen molar-refractivity contribution >= 4 is 62.3 Å². The van der Waals surface area contributed by atoms with E-state index in [4.69, 9.17) is 4.74 Å². The third-order valence-corrected chi connectivity index (χ3v) is 7.17. The van der Waals surface area contributed by atoms with E-state index in [0.717, 1.165) is 32.0 Å². The molecule has 1 saturated heterocycles. The molecule has 4 nitrogen and oxygen atoms in total. The third-order valence-electron chi connectivity index (χ3n) is 5.54. The van der Waals surface area contributed by atoms with Gasteiger partial charge in [-0.2, -0.15) is 0 Å². The number of carbonyl (C=O) groups is 2. The summed E-state index contributed by atoms with van der Waals surface area (Å²) in [4.78, 5) is 27.2. The topological polar surface area (TPSA) is 46.6 Å². The lowest BCUT2D eigenvalue weighted by Gasteiger charge is -2.12. The van der Waals surface area contributed by atoms with Crippen molar-refractivity contribution < 1.29 is 14.3 Å². The van der Waals surface area contributed by atoms with Crippen molar-refractivity contribution in [3.63, 3.8) is 0 Å². The summed E-state index contributed by atoms with van der Waals surface area (Å²) in [7, 11) is 0. The van der Waals surface area contributed by atoms with E-state index in [0.29, 0.717) is 17.3 Å². The summed E-state index contributed by atoms with van der Waals surface area (Å²) in [6.07, 6.45) is 1.74. The summed E-state index contributed by atoms with van der Waals surface area (Å²) in [5.41, 5.74) is 2.75. The molecular weight excluding hydrogens is 557 g/mol. The second-order valence-electron chi connectivity index (χ2n) is 7.90. The van der Waals surface area contributed by atoms with Gasteiger partial charge < -0.3 is 4.74 Å². The van der Waals surface area contributed by atoms with Gasteiger partial charge in [0, 0.05) is 9.13 Å². The molecule has 0 saturated carbocycles. The smallest absolute Gasteiger partial charge is 0.293 e. The molecule has 1 aliphatic heterocycles. The Bertz CT molecular complexity index is 1410. The summed E-state index contributed by atoms with van der Waals surface area (Å²) in [5.74, 6) is 0.387. The molecule has 6 heteroatoms. The number of carbonyl (C=O) groups excluding carboxylic acids is 2. The van der Waals surface area contributed by atoms with Gasteiger partial charge in [0.1, 0.15) is 12.4 Å². The highest BCUT2D eigenvalue weighted by molar-refractivity contribution is 14.1. The highest BCUT2D eigenvalue weighted by atomic mass is 127. The Balaban J connectivity index is 1.33. The zero-order valence-corrected chi connectivity index (χ0v) is 21.1. The fraction of sp³-hybridized carbons (Fsp3) is 0.0714. The normalized spacial score (nSPS) is 14.9. The maximum Gasteiger partial charge on any atom is 0.293 e. The first-order valence-electron chi connectivity index (χ1n) is 10.8. The first-order valence-corrected chi connectivity index (χ1v) is 12.7. The van der Waals surface area contributed by atoms with E-state index in [1.165, 1.54) is 15.7 Å². The minimum absolute atomic E-state index is 0.260. The molecule has 5 rings (SSSR count). The van der Waals surface area contributed by atoms with E-state index in [1.807, 2.05) is 60.7 Å². The molecular formula is C28H20INO3S. The van der Waals surface area contributed by atoms with Gasteiger partial charge in [0.15, 0.2) is 0 Å². The van der Waals surface area contributed by atoms with Crippen LogP contribution in [0.1, 0.15) is 16.7 Å². The molecule has 0 atom stereocenters. The Morgan fingerprint density at radius 3 is 2.35 bits per heavy atom. The summed E-state index contributed by atoms with van der Waals surface area (Å²) in [5, 5.41) is 2.09. The van der Waals surface area contributed by atoms with Gasteiger partial charge in [0.25, 0.3) is 11.1 Å². The Labute approximate surface area is 215 Å². The van der Waals surface area contributed by atoms with Crippen molar-refractivity contribution in [2.75, 3.05) is 0 Å². The number of halogens is 1. The number of thioether (sulfide) groups is 1. The largest absolute Gasteiger partial charge is 0.488 e. The standard InChI is InChI=1S/C28H20INO3S/c29-24-13-10-19(11-14-24)17-30-27(31)26(34-28(30)32)16-23-7-3-4-8-25(23)33-18-20-9-12-21-5-1-2-6-22(21)15-20/h1-16H,17-18H2/b26-16-. The summed E-state index contributed by atoms with van der Waals surface area (Å²) in [6.45, 7) is 0.670. The molecule has 2 amide bonds. The highest BCUT2D eigenvalue weighted by Gasteiger charge is 2.35. The monoisotopic (exact) mass is 577 g/mol. The molecule has 0 spiro atoms. The average Bonchev–Trinajstić information content (AvgIpc) is 3.12. The van der Waals surface area contributed by atoms with E-state index in [-0.39, 0.29) is 17.7 Å². The van der Waals surface area contributed by atoms with Crippen LogP contribution in [0.5, 0.6) is 5.75 Å². The first kappa shape index (κ1) is 22.7. The number of rotatable bonds is 6. The zero-order chi connectivity index (χ0) is 23.5. The molecule has 0 N–H and O–H groups in total. The molecule has 1 heterocycles. The van der Waals surface area contributed by atoms with Gasteiger partial charge in [0.2, 0.25) is 0 Å². The van der Waals surface area contributed by atoms with Crippen LogP contribution in [0.4, 0.5) is 4.79 Å². The molecule has 0 aliphatic carbocycles. The number of imide groups is 1. The number of para-hydroxylation sites is 1. The highest BCUT2D eigenvalue weighted by Crippen LogP contribution is 2.35. The minimum atomic E-state index is -0.280. The molecule has 1 fully saturated rings. The summed E-state index contributed by atoms with van der Waals surface area (Å²) >= 11 is 3.19. The Morgan fingerprint density at radius 2 is 1.53 bits per heavy atom. The quantitative estimate of drug-likeness (QED) is 0.179. The molecule has 4 aromatic carbocycles. The van der Waals surface area contributed by atoms with E-state index in [1.54, 1.807) is 6.08 Å². The molecule has 168 valence electrons. The van der Waals surface area contributed by atoms with Crippen LogP contribution in [-0.4, -0.2) is 16.0 Å². The molecule has 0 bridgehead atoms. The van der Waals surface area contributed by atoms with Gasteiger partial charge in [-0.25, -0.2) is 0 Å². The fourth-order valence-corrected chi connectivity index (χ4v) is 4.96. The lowest BCUT2D eigenvalue weighted by Crippen LogP contribution is -2.27. The van der Waals surface area contributed by atoms with Crippen molar-refractivity contribution in [1.29, 1.82) is 0 Å². The van der Waals surface area contributed by atoms with Gasteiger partial charge in [-0.15, -0.1) is 0 Å². The lowest BCUT2D eigenvalue weighted by molar-refractivity contribution is -0.123. The van der Waals surface area contributed by atoms with Crippen molar-refractivity contribution in [3.8, 4) is 5.75 Å². The van der Waals surface area contributed by atoms with E-state index < -0.39 is 0 Å². The maximum atomic E-state index is 13.0. The van der Waals surface area contributed by atoms with Crippen LogP contribution >= 0.6 is 34.4 Å². The average molecular weight is 577 g/mol. The van der Waals surface area contributed by atoms with Gasteiger partial charge in [-0.3, -0.25) is 14.5 Å². The molecule has 4 aromatic rings. The Kier molecular flexibility index (Phi) is 6.69. The second-order valence-corrected chi connectivity index (χ2v) is 10.1. The minimum Gasteiger partial charge on any atom is -0.488 e. The van der Waals surface area contributed by atoms with Crippen LogP contribution < -0.4 is 4.74 Å². The van der Waals surface area contributed by atoms with Crippen molar-refractivity contribution in [3.05, 3.63) is 116 Å². The second kappa shape index (κ2) is 10.0. The number of amides is 2. The number of ether oxygens (including phenoxy) is 1. The number of hydrogen-bond donors (Lipinski definition) is 0. The zero-order valence-electron chi connectivity index (χ0n) is 18.1. The van der Waals surface area contributed by atoms with Crippen molar-refractivity contribution in [2.45, 2.75) is 13.2 Å². The fourth-order valence-electron chi connectivity index (χ4n) is 3.77. The van der Waals surface area contributed by atoms with E-state index >= 15 is 0 Å². The van der Waals surface area contributed by atoms with Crippen LogP contribution in [0.15, 0.2) is 95.9 Å². The predicted octanol–water partition coefficient (Wildman–Crippen LogP) is 7.26. The molecule has 0 radical (unpaired) electrons. The van der Waals surface area contributed by atoms with Gasteiger partial charge in [-0.1, -0.05) is 66.7 Å². The number of benzene rings is 4. The summed E-state index contributed by atoms with van der Waals surface area (Å²) in [6, 6.07) is 29.8. The van der Waals surface area contributed by atoms with E-state index in [2.05, 4.69) is 52.9 Å². The maximum absolute atomic E-state index is 13.0. The van der Waals surface area contributed by atoms with Crippen LogP contribution in [0.2, 0.25) is 0 Å². The first-order chi connectivity index (χ1) is 16.6. The van der Waals surface area contributed by atoms with Crippen LogP contribution in [0.3, 0.4) is 0 Å². The lowest BCUT2D eigenvalue weighted by atomic mass is 10.1. The van der Waals surface area contributed by atoms with Crippen LogP contribution in [0, 0.1) is 3.57 Å². The molecule has 34 heavy (non-hydrogen) atoms. The Morgan fingerprint density at radius 1 is 0.824 bits per heavy atom. The number of nitrogens with zero attached hydrogens (tertiary/aromatic N) is 1. The number of hydrogen-bond acceptors (Lipinski definition) is 4. The molecule has 0 aromatic heterocycles. The molecule has 0 unspecified atom stereocenters. The van der Waals surface area contributed by atoms with Crippen LogP contribution in [-0.2, 0) is 17.9 Å². The third kappa shape index (κ3) is 5.03. The SMILES string of the molecule is O=C1S/C(=C\c2ccccc2OCc2ccc3ccccc3c2)C(=O)N1Cc1ccc(I)cc1. The Hall–Kier alpha value is -3.10. The predicted molar refractivity (Wildman–Crippen MR) is 145 cm³/mol. The van der Waals surface area contributed by atoms with Crippen LogP contribution in [0.25, 0.3) is 16.8 Å². The van der Waals surface area contributed by atoms with Gasteiger partial charge in [0.05, 0.1) is 11.4 Å². The number of fused-ring (bicyclic) bond motifs is 1. The van der Waals surface area contributed by atoms with Gasteiger partial charge >= 0.3 is 0 Å².